The van der Waals surface area contributed by atoms with E-state index in [1.165, 1.54) is 0 Å². The molecule has 108 valence electrons. The molecule has 0 radical (unpaired) electrons. The number of amides is 2. The molecule has 1 N–H and O–H groups in total. The van der Waals surface area contributed by atoms with E-state index < -0.39 is 0 Å². The fourth-order valence-electron chi connectivity index (χ4n) is 2.78. The van der Waals surface area contributed by atoms with Crippen LogP contribution in [0.3, 0.4) is 0 Å². The molecular formula is C14H24N2O3. The van der Waals surface area contributed by atoms with Crippen LogP contribution < -0.4 is 5.32 Å². The van der Waals surface area contributed by atoms with Crippen molar-refractivity contribution in [3.05, 3.63) is 0 Å². The zero-order valence-corrected chi connectivity index (χ0v) is 12.0. The van der Waals surface area contributed by atoms with Gasteiger partial charge in [0.05, 0.1) is 12.6 Å². The molecule has 19 heavy (non-hydrogen) atoms. The molecular weight excluding hydrogens is 244 g/mol. The minimum Gasteiger partial charge on any atom is -0.380 e. The summed E-state index contributed by atoms with van der Waals surface area (Å²) in [6.07, 6.45) is 2.73. The number of nitrogens with zero attached hydrogens (tertiary/aromatic N) is 1. The number of hydrogen-bond acceptors (Lipinski definition) is 3. The van der Waals surface area contributed by atoms with E-state index in [0.717, 1.165) is 12.8 Å². The lowest BCUT2D eigenvalue weighted by molar-refractivity contribution is -0.154. The van der Waals surface area contributed by atoms with Gasteiger partial charge in [-0.3, -0.25) is 9.59 Å². The molecule has 0 aromatic carbocycles. The molecule has 1 saturated carbocycles. The molecule has 3 unspecified atom stereocenters. The van der Waals surface area contributed by atoms with Gasteiger partial charge in [-0.2, -0.15) is 0 Å². The summed E-state index contributed by atoms with van der Waals surface area (Å²) in [5.41, 5.74) is 0. The zero-order chi connectivity index (χ0) is 14.0. The predicted molar refractivity (Wildman–Crippen MR) is 71.5 cm³/mol. The Balaban J connectivity index is 2.13. The second kappa shape index (κ2) is 5.90. The average molecular weight is 268 g/mol. The van der Waals surface area contributed by atoms with Gasteiger partial charge in [-0.1, -0.05) is 6.92 Å². The van der Waals surface area contributed by atoms with Crippen molar-refractivity contribution >= 4 is 11.8 Å². The maximum absolute atomic E-state index is 12.6. The van der Waals surface area contributed by atoms with Crippen LogP contribution in [0.5, 0.6) is 0 Å². The van der Waals surface area contributed by atoms with Crippen LogP contribution in [-0.2, 0) is 14.3 Å². The SMILES string of the molecule is CCOCC(C)N1C(=O)C(C2CC2)NC(=O)C1CC. The van der Waals surface area contributed by atoms with E-state index in [1.807, 2.05) is 20.8 Å². The lowest BCUT2D eigenvalue weighted by Gasteiger charge is -2.42. The molecule has 2 aliphatic rings. The van der Waals surface area contributed by atoms with Crippen LogP contribution in [0, 0.1) is 5.92 Å². The number of nitrogens with one attached hydrogen (secondary N) is 1. The second-order valence-corrected chi connectivity index (χ2v) is 5.50. The van der Waals surface area contributed by atoms with Crippen LogP contribution in [0.1, 0.15) is 40.0 Å². The highest BCUT2D eigenvalue weighted by molar-refractivity contribution is 5.97. The second-order valence-electron chi connectivity index (χ2n) is 5.50. The van der Waals surface area contributed by atoms with Crippen LogP contribution in [-0.4, -0.2) is 48.1 Å². The van der Waals surface area contributed by atoms with E-state index >= 15 is 0 Å². The van der Waals surface area contributed by atoms with Crippen molar-refractivity contribution in [3.63, 3.8) is 0 Å². The maximum Gasteiger partial charge on any atom is 0.246 e. The number of ether oxygens (including phenoxy) is 1. The van der Waals surface area contributed by atoms with E-state index in [9.17, 15) is 9.59 Å². The van der Waals surface area contributed by atoms with E-state index in [1.54, 1.807) is 4.90 Å². The molecule has 2 rings (SSSR count). The van der Waals surface area contributed by atoms with Crippen molar-refractivity contribution < 1.29 is 14.3 Å². The largest absolute Gasteiger partial charge is 0.380 e. The van der Waals surface area contributed by atoms with E-state index in [-0.39, 0.29) is 29.9 Å². The van der Waals surface area contributed by atoms with Crippen LogP contribution >= 0.6 is 0 Å². The summed E-state index contributed by atoms with van der Waals surface area (Å²) in [6, 6.07) is -0.706. The van der Waals surface area contributed by atoms with Gasteiger partial charge in [-0.15, -0.1) is 0 Å². The summed E-state index contributed by atoms with van der Waals surface area (Å²) < 4.78 is 5.41. The van der Waals surface area contributed by atoms with E-state index in [4.69, 9.17) is 4.74 Å². The fourth-order valence-corrected chi connectivity index (χ4v) is 2.78. The molecule has 0 aromatic heterocycles. The van der Waals surface area contributed by atoms with Gasteiger partial charge >= 0.3 is 0 Å². The summed E-state index contributed by atoms with van der Waals surface area (Å²) in [6.45, 7) is 6.95. The van der Waals surface area contributed by atoms with Crippen LogP contribution in [0.2, 0.25) is 0 Å². The molecule has 1 aliphatic carbocycles. The lowest BCUT2D eigenvalue weighted by atomic mass is 10.00. The Morgan fingerprint density at radius 3 is 2.58 bits per heavy atom. The molecule has 5 nitrogen and oxygen atoms in total. The topological polar surface area (TPSA) is 58.6 Å². The maximum atomic E-state index is 12.6. The smallest absolute Gasteiger partial charge is 0.246 e. The number of piperazine rings is 1. The Labute approximate surface area is 114 Å². The first-order valence-electron chi connectivity index (χ1n) is 7.30. The average Bonchev–Trinajstić information content (AvgIpc) is 3.21. The zero-order valence-electron chi connectivity index (χ0n) is 12.0. The molecule has 3 atom stereocenters. The van der Waals surface area contributed by atoms with E-state index in [2.05, 4.69) is 5.32 Å². The van der Waals surface area contributed by atoms with Gasteiger partial charge in [0.15, 0.2) is 0 Å². The highest BCUT2D eigenvalue weighted by atomic mass is 16.5. The quantitative estimate of drug-likeness (QED) is 0.779. The van der Waals surface area contributed by atoms with Crippen molar-refractivity contribution in [2.75, 3.05) is 13.2 Å². The molecule has 0 aromatic rings. The van der Waals surface area contributed by atoms with Gasteiger partial charge in [0.2, 0.25) is 11.8 Å². The van der Waals surface area contributed by atoms with Crippen molar-refractivity contribution in [2.24, 2.45) is 5.92 Å². The number of carbonyl (C=O) groups excluding carboxylic acids is 2. The fraction of sp³-hybridized carbons (Fsp3) is 0.857. The summed E-state index contributed by atoms with van der Waals surface area (Å²) in [5.74, 6) is 0.402. The third-order valence-corrected chi connectivity index (χ3v) is 3.97. The molecule has 1 aliphatic heterocycles. The lowest BCUT2D eigenvalue weighted by Crippen LogP contribution is -2.66. The predicted octanol–water partition coefficient (Wildman–Crippen LogP) is 0.927. The van der Waals surface area contributed by atoms with Crippen LogP contribution in [0.15, 0.2) is 0 Å². The third kappa shape index (κ3) is 2.91. The number of hydrogen-bond donors (Lipinski definition) is 1. The van der Waals surface area contributed by atoms with Gasteiger partial charge < -0.3 is 15.0 Å². The van der Waals surface area contributed by atoms with Gasteiger partial charge in [-0.25, -0.2) is 0 Å². The molecule has 2 fully saturated rings. The van der Waals surface area contributed by atoms with Crippen molar-refractivity contribution in [1.29, 1.82) is 0 Å². The monoisotopic (exact) mass is 268 g/mol. The molecule has 0 spiro atoms. The third-order valence-electron chi connectivity index (χ3n) is 3.97. The summed E-state index contributed by atoms with van der Waals surface area (Å²) in [4.78, 5) is 26.5. The van der Waals surface area contributed by atoms with Crippen molar-refractivity contribution in [3.8, 4) is 0 Å². The Morgan fingerprint density at radius 1 is 1.37 bits per heavy atom. The normalized spacial score (nSPS) is 29.3. The first-order valence-corrected chi connectivity index (χ1v) is 7.30. The number of carbonyl (C=O) groups is 2. The summed E-state index contributed by atoms with van der Waals surface area (Å²) >= 11 is 0. The molecule has 2 amide bonds. The molecule has 1 saturated heterocycles. The van der Waals surface area contributed by atoms with Crippen molar-refractivity contribution in [1.82, 2.24) is 10.2 Å². The molecule has 1 heterocycles. The molecule has 0 bridgehead atoms. The Hall–Kier alpha value is -1.10. The summed E-state index contributed by atoms with van der Waals surface area (Å²) in [7, 11) is 0. The minimum absolute atomic E-state index is 0.0117. The van der Waals surface area contributed by atoms with Crippen LogP contribution in [0.4, 0.5) is 0 Å². The van der Waals surface area contributed by atoms with E-state index in [0.29, 0.717) is 25.6 Å². The Morgan fingerprint density at radius 2 is 2.05 bits per heavy atom. The highest BCUT2D eigenvalue weighted by Crippen LogP contribution is 2.35. The molecule has 5 heteroatoms. The first kappa shape index (κ1) is 14.3. The first-order chi connectivity index (χ1) is 9.10. The van der Waals surface area contributed by atoms with Gasteiger partial charge in [0, 0.05) is 6.61 Å². The van der Waals surface area contributed by atoms with Gasteiger partial charge in [-0.05, 0) is 39.0 Å². The van der Waals surface area contributed by atoms with Crippen molar-refractivity contribution in [2.45, 2.75) is 58.2 Å². The number of rotatable bonds is 6. The minimum atomic E-state index is -0.349. The summed E-state index contributed by atoms with van der Waals surface area (Å²) in [5, 5.41) is 2.90. The standard InChI is InChI=1S/C14H24N2O3/c1-4-11-13(17)15-12(10-6-7-10)14(18)16(11)9(3)8-19-5-2/h9-12H,4-8H2,1-3H3,(H,15,17). The van der Waals surface area contributed by atoms with Gasteiger partial charge in [0.25, 0.3) is 0 Å². The Bertz CT molecular complexity index is 355. The Kier molecular flexibility index (Phi) is 4.45. The van der Waals surface area contributed by atoms with Crippen LogP contribution in [0.25, 0.3) is 0 Å². The highest BCUT2D eigenvalue weighted by Gasteiger charge is 2.47. The van der Waals surface area contributed by atoms with Gasteiger partial charge in [0.1, 0.15) is 12.1 Å².